The van der Waals surface area contributed by atoms with Gasteiger partial charge in [-0.1, -0.05) is 74.0 Å². The van der Waals surface area contributed by atoms with Gasteiger partial charge in [0.1, 0.15) is 0 Å². The Morgan fingerprint density at radius 1 is 1.04 bits per heavy atom. The minimum atomic E-state index is -0.732. The first-order valence-corrected chi connectivity index (χ1v) is 10.0. The molecule has 0 radical (unpaired) electrons. The van der Waals surface area contributed by atoms with Gasteiger partial charge in [0.2, 0.25) is 0 Å². The summed E-state index contributed by atoms with van der Waals surface area (Å²) in [6.45, 7) is 2.44. The molecule has 0 saturated heterocycles. The quantitative estimate of drug-likeness (QED) is 0.518. The highest BCUT2D eigenvalue weighted by molar-refractivity contribution is 5.67. The van der Waals surface area contributed by atoms with Crippen molar-refractivity contribution in [3.05, 3.63) is 71.8 Å². The van der Waals surface area contributed by atoms with Crippen molar-refractivity contribution in [2.75, 3.05) is 6.61 Å². The minimum absolute atomic E-state index is 0.256. The van der Waals surface area contributed by atoms with Crippen LogP contribution in [0.25, 0.3) is 0 Å². The average Bonchev–Trinajstić information content (AvgIpc) is 2.69. The van der Waals surface area contributed by atoms with Crippen LogP contribution in [-0.2, 0) is 17.6 Å². The molecule has 1 amide bonds. The maximum absolute atomic E-state index is 12.1. The lowest BCUT2D eigenvalue weighted by molar-refractivity contribution is 0.111. The summed E-state index contributed by atoms with van der Waals surface area (Å²) in [7, 11) is 0. The summed E-state index contributed by atoms with van der Waals surface area (Å²) in [5.41, 5.74) is 8.40. The van der Waals surface area contributed by atoms with E-state index >= 15 is 0 Å². The molecule has 0 fully saturated rings. The van der Waals surface area contributed by atoms with Crippen LogP contribution < -0.4 is 11.1 Å². The molecule has 0 spiro atoms. The summed E-state index contributed by atoms with van der Waals surface area (Å²) in [5, 5.41) is 13.5. The number of amides is 1. The van der Waals surface area contributed by atoms with E-state index in [1.807, 2.05) is 67.6 Å². The molecule has 5 heteroatoms. The van der Waals surface area contributed by atoms with Crippen molar-refractivity contribution in [1.29, 1.82) is 0 Å². The lowest BCUT2D eigenvalue weighted by atomic mass is 9.94. The van der Waals surface area contributed by atoms with E-state index in [9.17, 15) is 9.90 Å². The van der Waals surface area contributed by atoms with E-state index in [1.54, 1.807) is 0 Å². The van der Waals surface area contributed by atoms with E-state index < -0.39 is 18.2 Å². The fraction of sp³-hybridized carbons (Fsp3) is 0.435. The van der Waals surface area contributed by atoms with Gasteiger partial charge in [0.05, 0.1) is 12.7 Å². The molecule has 2 aromatic rings. The van der Waals surface area contributed by atoms with Gasteiger partial charge in [-0.3, -0.25) is 0 Å². The molecule has 0 aliphatic heterocycles. The van der Waals surface area contributed by atoms with Crippen molar-refractivity contribution >= 4 is 6.09 Å². The summed E-state index contributed by atoms with van der Waals surface area (Å²) in [6.07, 6.45) is 2.18. The second kappa shape index (κ2) is 12.2. The van der Waals surface area contributed by atoms with Crippen molar-refractivity contribution in [3.63, 3.8) is 0 Å². The Morgan fingerprint density at radius 3 is 2.18 bits per heavy atom. The van der Waals surface area contributed by atoms with Crippen LogP contribution in [0.4, 0.5) is 4.79 Å². The van der Waals surface area contributed by atoms with Crippen molar-refractivity contribution in [2.45, 2.75) is 57.2 Å². The Hall–Kier alpha value is -2.37. The summed E-state index contributed by atoms with van der Waals surface area (Å²) >= 11 is 0. The van der Waals surface area contributed by atoms with Crippen LogP contribution in [0.15, 0.2) is 60.7 Å². The van der Waals surface area contributed by atoms with Crippen molar-refractivity contribution in [1.82, 2.24) is 5.32 Å². The Kier molecular flexibility index (Phi) is 9.52. The predicted molar refractivity (Wildman–Crippen MR) is 112 cm³/mol. The number of aliphatic hydroxyl groups is 1. The normalized spacial score (nSPS) is 14.1. The third-order valence-electron chi connectivity index (χ3n) is 4.71. The van der Waals surface area contributed by atoms with Gasteiger partial charge in [-0.2, -0.15) is 0 Å². The monoisotopic (exact) mass is 384 g/mol. The molecule has 0 aromatic heterocycles. The summed E-state index contributed by atoms with van der Waals surface area (Å²) in [4.78, 5) is 12.1. The smallest absolute Gasteiger partial charge is 0.407 e. The Morgan fingerprint density at radius 2 is 1.61 bits per heavy atom. The molecule has 0 aliphatic rings. The van der Waals surface area contributed by atoms with Crippen LogP contribution in [0.2, 0.25) is 0 Å². The first kappa shape index (κ1) is 21.9. The first-order valence-electron chi connectivity index (χ1n) is 10.0. The average molecular weight is 385 g/mol. The predicted octanol–water partition coefficient (Wildman–Crippen LogP) is 3.45. The number of hydrogen-bond donors (Lipinski definition) is 3. The number of ether oxygens (including phenoxy) is 1. The number of benzene rings is 2. The van der Waals surface area contributed by atoms with Gasteiger partial charge in [-0.05, 0) is 36.8 Å². The van der Waals surface area contributed by atoms with E-state index in [2.05, 4.69) is 5.32 Å². The zero-order valence-corrected chi connectivity index (χ0v) is 16.6. The lowest BCUT2D eigenvalue weighted by Crippen LogP contribution is -2.44. The van der Waals surface area contributed by atoms with Crippen LogP contribution in [0.3, 0.4) is 0 Å². The topological polar surface area (TPSA) is 84.6 Å². The number of aliphatic hydroxyl groups excluding tert-OH is 1. The van der Waals surface area contributed by atoms with Gasteiger partial charge in [0.25, 0.3) is 0 Å². The molecule has 4 N–H and O–H groups in total. The highest BCUT2D eigenvalue weighted by atomic mass is 16.5. The maximum Gasteiger partial charge on any atom is 0.407 e. The summed E-state index contributed by atoms with van der Waals surface area (Å²) < 4.78 is 5.23. The SMILES string of the molecule is CCCCOC(=O)N[C@@H](Cc1ccccc1)C[C@H](O)[C@@H](N)Cc1ccccc1. The van der Waals surface area contributed by atoms with Gasteiger partial charge >= 0.3 is 6.09 Å². The molecule has 152 valence electrons. The highest BCUT2D eigenvalue weighted by Gasteiger charge is 2.22. The number of nitrogens with one attached hydrogen (secondary N) is 1. The molecular weight excluding hydrogens is 352 g/mol. The van der Waals surface area contributed by atoms with E-state index in [0.717, 1.165) is 24.0 Å². The van der Waals surface area contributed by atoms with Crippen LogP contribution in [-0.4, -0.2) is 36.0 Å². The van der Waals surface area contributed by atoms with Gasteiger partial charge in [-0.15, -0.1) is 0 Å². The van der Waals surface area contributed by atoms with Crippen molar-refractivity contribution < 1.29 is 14.6 Å². The third-order valence-corrected chi connectivity index (χ3v) is 4.71. The van der Waals surface area contributed by atoms with Crippen molar-refractivity contribution in [2.24, 2.45) is 5.73 Å². The van der Waals surface area contributed by atoms with Crippen LogP contribution in [0.1, 0.15) is 37.3 Å². The van der Waals surface area contributed by atoms with E-state index in [0.29, 0.717) is 25.9 Å². The molecule has 0 unspecified atom stereocenters. The van der Waals surface area contributed by atoms with Gasteiger partial charge < -0.3 is 20.9 Å². The highest BCUT2D eigenvalue weighted by Crippen LogP contribution is 2.13. The van der Waals surface area contributed by atoms with Crippen molar-refractivity contribution in [3.8, 4) is 0 Å². The number of nitrogens with two attached hydrogens (primary N) is 1. The molecule has 0 saturated carbocycles. The van der Waals surface area contributed by atoms with Gasteiger partial charge in [0, 0.05) is 12.1 Å². The van der Waals surface area contributed by atoms with Crippen LogP contribution in [0, 0.1) is 0 Å². The minimum Gasteiger partial charge on any atom is -0.450 e. The van der Waals surface area contributed by atoms with E-state index in [4.69, 9.17) is 10.5 Å². The zero-order valence-electron chi connectivity index (χ0n) is 16.6. The molecule has 5 nitrogen and oxygen atoms in total. The molecule has 2 aromatic carbocycles. The Balaban J connectivity index is 1.95. The van der Waals surface area contributed by atoms with E-state index in [1.165, 1.54) is 0 Å². The second-order valence-corrected chi connectivity index (χ2v) is 7.18. The first-order chi connectivity index (χ1) is 13.6. The summed E-state index contributed by atoms with van der Waals surface area (Å²) in [5.74, 6) is 0. The molecule has 0 heterocycles. The molecular formula is C23H32N2O3. The number of alkyl carbamates (subject to hydrolysis) is 1. The standard InChI is InChI=1S/C23H32N2O3/c1-2-3-14-28-23(27)25-20(15-18-10-6-4-7-11-18)17-22(26)21(24)16-19-12-8-5-9-13-19/h4-13,20-22,26H,2-3,14-17,24H2,1H3,(H,25,27)/t20-,21-,22-/m0/s1. The molecule has 3 atom stereocenters. The number of unbranched alkanes of at least 4 members (excludes halogenated alkanes) is 1. The maximum atomic E-state index is 12.1. The lowest BCUT2D eigenvalue weighted by Gasteiger charge is -2.25. The van der Waals surface area contributed by atoms with Gasteiger partial charge in [0.15, 0.2) is 0 Å². The third kappa shape index (κ3) is 8.11. The Bertz CT molecular complexity index is 679. The number of carbonyl (C=O) groups is 1. The number of rotatable bonds is 11. The fourth-order valence-corrected chi connectivity index (χ4v) is 3.10. The largest absolute Gasteiger partial charge is 0.450 e. The zero-order chi connectivity index (χ0) is 20.2. The molecule has 0 aliphatic carbocycles. The number of hydrogen-bond acceptors (Lipinski definition) is 4. The number of carbonyl (C=O) groups excluding carboxylic acids is 1. The molecule has 28 heavy (non-hydrogen) atoms. The summed E-state index contributed by atoms with van der Waals surface area (Å²) in [6, 6.07) is 19.1. The molecule has 0 bridgehead atoms. The van der Waals surface area contributed by atoms with Crippen LogP contribution in [0.5, 0.6) is 0 Å². The van der Waals surface area contributed by atoms with Gasteiger partial charge in [-0.25, -0.2) is 4.79 Å². The van der Waals surface area contributed by atoms with Crippen LogP contribution >= 0.6 is 0 Å². The fourth-order valence-electron chi connectivity index (χ4n) is 3.10. The van der Waals surface area contributed by atoms with E-state index in [-0.39, 0.29) is 6.04 Å². The Labute approximate surface area is 167 Å². The molecule has 2 rings (SSSR count). The second-order valence-electron chi connectivity index (χ2n) is 7.18.